The molecule has 2 N–H and O–H groups in total. The van der Waals surface area contributed by atoms with E-state index in [0.717, 1.165) is 18.7 Å². The van der Waals surface area contributed by atoms with Crippen LogP contribution in [0.25, 0.3) is 0 Å². The van der Waals surface area contributed by atoms with Crippen LogP contribution >= 0.6 is 12.4 Å². The summed E-state index contributed by atoms with van der Waals surface area (Å²) in [6.07, 6.45) is 1.70. The zero-order valence-electron chi connectivity index (χ0n) is 10.9. The average Bonchev–Trinajstić information content (AvgIpc) is 2.38. The third-order valence-corrected chi connectivity index (χ3v) is 3.57. The zero-order chi connectivity index (χ0) is 12.4. The second kappa shape index (κ2) is 6.21. The lowest BCUT2D eigenvalue weighted by Crippen LogP contribution is -2.46. The quantitative estimate of drug-likeness (QED) is 0.896. The molecule has 2 rings (SSSR count). The monoisotopic (exact) mass is 268 g/mol. The number of para-hydroxylation sites is 1. The highest BCUT2D eigenvalue weighted by molar-refractivity contribution is 5.98. The van der Waals surface area contributed by atoms with Crippen LogP contribution in [-0.4, -0.2) is 18.5 Å². The lowest BCUT2D eigenvalue weighted by Gasteiger charge is -2.34. The molecule has 1 aromatic rings. The Bertz CT molecular complexity index is 422. The molecule has 1 amide bonds. The van der Waals surface area contributed by atoms with Gasteiger partial charge in [0, 0.05) is 12.2 Å². The highest BCUT2D eigenvalue weighted by atomic mass is 35.5. The smallest absolute Gasteiger partial charge is 0.243 e. The molecule has 0 fully saturated rings. The summed E-state index contributed by atoms with van der Waals surface area (Å²) < 4.78 is 0. The Morgan fingerprint density at radius 1 is 1.50 bits per heavy atom. The first kappa shape index (κ1) is 15.0. The molecule has 1 aromatic carbocycles. The van der Waals surface area contributed by atoms with Crippen molar-refractivity contribution < 1.29 is 4.79 Å². The Kier molecular flexibility index (Phi) is 5.17. The molecule has 3 nitrogen and oxygen atoms in total. The predicted octanol–water partition coefficient (Wildman–Crippen LogP) is 2.69. The number of carbonyl (C=O) groups is 1. The minimum atomic E-state index is -0.378. The van der Waals surface area contributed by atoms with E-state index in [0.29, 0.717) is 12.3 Å². The molecule has 0 saturated heterocycles. The number of nitrogens with zero attached hydrogens (tertiary/aromatic N) is 1. The molecule has 0 saturated carbocycles. The van der Waals surface area contributed by atoms with Gasteiger partial charge in [-0.15, -0.1) is 12.4 Å². The van der Waals surface area contributed by atoms with E-state index in [1.807, 2.05) is 30.0 Å². The summed E-state index contributed by atoms with van der Waals surface area (Å²) >= 11 is 0. The number of hydrogen-bond donors (Lipinski definition) is 1. The number of carbonyl (C=O) groups excluding carboxylic acids is 1. The van der Waals surface area contributed by atoms with E-state index in [1.165, 1.54) is 5.56 Å². The molecule has 2 atom stereocenters. The lowest BCUT2D eigenvalue weighted by atomic mass is 9.91. The van der Waals surface area contributed by atoms with Gasteiger partial charge in [-0.05, 0) is 30.4 Å². The van der Waals surface area contributed by atoms with Crippen molar-refractivity contribution in [2.45, 2.75) is 38.6 Å². The van der Waals surface area contributed by atoms with Gasteiger partial charge in [-0.3, -0.25) is 4.79 Å². The molecular weight excluding hydrogens is 248 g/mol. The van der Waals surface area contributed by atoms with Gasteiger partial charge in [0.2, 0.25) is 5.91 Å². The highest BCUT2D eigenvalue weighted by Gasteiger charge is 2.28. The van der Waals surface area contributed by atoms with E-state index in [4.69, 9.17) is 5.73 Å². The molecule has 0 spiro atoms. The van der Waals surface area contributed by atoms with Crippen molar-refractivity contribution in [3.8, 4) is 0 Å². The first-order chi connectivity index (χ1) is 8.15. The third-order valence-electron chi connectivity index (χ3n) is 3.57. The molecular formula is C14H21ClN2O. The standard InChI is InChI=1S/C14H20N2O.ClH/c1-3-12(15)14(17)16-9-8-10(2)11-6-4-5-7-13(11)16;/h4-7,10,12H,3,8-9,15H2,1-2H3;1H/t10?,12-;/m0./s1. The lowest BCUT2D eigenvalue weighted by molar-refractivity contribution is -0.120. The second-order valence-corrected chi connectivity index (χ2v) is 4.75. The molecule has 18 heavy (non-hydrogen) atoms. The fourth-order valence-electron chi connectivity index (χ4n) is 2.35. The van der Waals surface area contributed by atoms with Crippen LogP contribution in [0.15, 0.2) is 24.3 Å². The third kappa shape index (κ3) is 2.68. The predicted molar refractivity (Wildman–Crippen MR) is 77.3 cm³/mol. The van der Waals surface area contributed by atoms with Crippen LogP contribution in [0.3, 0.4) is 0 Å². The van der Waals surface area contributed by atoms with Crippen LogP contribution < -0.4 is 10.6 Å². The SMILES string of the molecule is CC[C@H](N)C(=O)N1CCC(C)c2ccccc21.Cl. The van der Waals surface area contributed by atoms with Gasteiger partial charge in [0.05, 0.1) is 6.04 Å². The molecule has 100 valence electrons. The van der Waals surface area contributed by atoms with Gasteiger partial charge in [0.25, 0.3) is 0 Å². The maximum atomic E-state index is 12.2. The van der Waals surface area contributed by atoms with Crippen molar-refractivity contribution in [3.05, 3.63) is 29.8 Å². The van der Waals surface area contributed by atoms with Crippen molar-refractivity contribution in [1.82, 2.24) is 0 Å². The van der Waals surface area contributed by atoms with Crippen molar-refractivity contribution in [2.24, 2.45) is 5.73 Å². The summed E-state index contributed by atoms with van der Waals surface area (Å²) in [6, 6.07) is 7.76. The first-order valence-corrected chi connectivity index (χ1v) is 6.31. The van der Waals surface area contributed by atoms with Gasteiger partial charge >= 0.3 is 0 Å². The minimum absolute atomic E-state index is 0. The Balaban J connectivity index is 0.00000162. The van der Waals surface area contributed by atoms with Crippen LogP contribution in [0.4, 0.5) is 5.69 Å². The summed E-state index contributed by atoms with van der Waals surface area (Å²) in [5.74, 6) is 0.569. The molecule has 1 heterocycles. The first-order valence-electron chi connectivity index (χ1n) is 6.31. The molecule has 1 unspecified atom stereocenters. The number of benzene rings is 1. The number of amides is 1. The van der Waals surface area contributed by atoms with E-state index in [-0.39, 0.29) is 24.4 Å². The summed E-state index contributed by atoms with van der Waals surface area (Å²) in [7, 11) is 0. The molecule has 4 heteroatoms. The van der Waals surface area contributed by atoms with E-state index in [2.05, 4.69) is 13.0 Å². The fraction of sp³-hybridized carbons (Fsp3) is 0.500. The summed E-state index contributed by atoms with van der Waals surface area (Å²) in [5, 5.41) is 0. The van der Waals surface area contributed by atoms with Crippen LogP contribution in [-0.2, 0) is 4.79 Å². The van der Waals surface area contributed by atoms with Crippen LogP contribution in [0.5, 0.6) is 0 Å². The fourth-order valence-corrected chi connectivity index (χ4v) is 2.35. The summed E-state index contributed by atoms with van der Waals surface area (Å²) in [4.78, 5) is 14.1. The average molecular weight is 269 g/mol. The Hall–Kier alpha value is -1.06. The number of anilines is 1. The number of rotatable bonds is 2. The summed E-state index contributed by atoms with van der Waals surface area (Å²) in [6.45, 7) is 4.94. The largest absolute Gasteiger partial charge is 0.320 e. The second-order valence-electron chi connectivity index (χ2n) is 4.75. The molecule has 1 aliphatic rings. The highest BCUT2D eigenvalue weighted by Crippen LogP contribution is 2.34. The molecule has 1 aliphatic heterocycles. The van der Waals surface area contributed by atoms with E-state index in [9.17, 15) is 4.79 Å². The topological polar surface area (TPSA) is 46.3 Å². The van der Waals surface area contributed by atoms with Gasteiger partial charge in [-0.2, -0.15) is 0 Å². The van der Waals surface area contributed by atoms with Crippen molar-refractivity contribution in [3.63, 3.8) is 0 Å². The van der Waals surface area contributed by atoms with Crippen LogP contribution in [0.1, 0.15) is 38.2 Å². The van der Waals surface area contributed by atoms with E-state index < -0.39 is 0 Å². The zero-order valence-corrected chi connectivity index (χ0v) is 11.7. The minimum Gasteiger partial charge on any atom is -0.320 e. The van der Waals surface area contributed by atoms with Gasteiger partial charge in [0.15, 0.2) is 0 Å². The van der Waals surface area contributed by atoms with E-state index in [1.54, 1.807) is 0 Å². The Morgan fingerprint density at radius 3 is 2.83 bits per heavy atom. The van der Waals surface area contributed by atoms with Gasteiger partial charge in [-0.25, -0.2) is 0 Å². The molecule has 0 aromatic heterocycles. The van der Waals surface area contributed by atoms with Crippen molar-refractivity contribution in [1.29, 1.82) is 0 Å². The van der Waals surface area contributed by atoms with Gasteiger partial charge in [-0.1, -0.05) is 32.0 Å². The van der Waals surface area contributed by atoms with Crippen LogP contribution in [0, 0.1) is 0 Å². The van der Waals surface area contributed by atoms with Gasteiger partial charge in [0.1, 0.15) is 0 Å². The molecule has 0 aliphatic carbocycles. The molecule has 0 bridgehead atoms. The number of nitrogens with two attached hydrogens (primary N) is 1. The number of halogens is 1. The maximum Gasteiger partial charge on any atom is 0.243 e. The Morgan fingerprint density at radius 2 is 2.17 bits per heavy atom. The normalized spacial score (nSPS) is 19.7. The number of hydrogen-bond acceptors (Lipinski definition) is 2. The Labute approximate surface area is 115 Å². The van der Waals surface area contributed by atoms with Crippen molar-refractivity contribution in [2.75, 3.05) is 11.4 Å². The maximum absolute atomic E-state index is 12.2. The van der Waals surface area contributed by atoms with Gasteiger partial charge < -0.3 is 10.6 Å². The molecule has 0 radical (unpaired) electrons. The summed E-state index contributed by atoms with van der Waals surface area (Å²) in [5.41, 5.74) is 8.15. The number of fused-ring (bicyclic) bond motifs is 1. The van der Waals surface area contributed by atoms with Crippen LogP contribution in [0.2, 0.25) is 0 Å². The van der Waals surface area contributed by atoms with Crippen molar-refractivity contribution >= 4 is 24.0 Å². The van der Waals surface area contributed by atoms with E-state index >= 15 is 0 Å².